The summed E-state index contributed by atoms with van der Waals surface area (Å²) in [7, 11) is 0. The molecule has 0 nitrogen and oxygen atoms in total. The van der Waals surface area contributed by atoms with Gasteiger partial charge in [-0.15, -0.1) is 0 Å². The minimum absolute atomic E-state index is 1.09. The predicted molar refractivity (Wildman–Crippen MR) is 139 cm³/mol. The molecule has 0 aliphatic heterocycles. The van der Waals surface area contributed by atoms with Crippen molar-refractivity contribution in [1.29, 1.82) is 0 Å². The van der Waals surface area contributed by atoms with Gasteiger partial charge in [-0.3, -0.25) is 0 Å². The van der Waals surface area contributed by atoms with Crippen molar-refractivity contribution in [2.75, 3.05) is 0 Å². The summed E-state index contributed by atoms with van der Waals surface area (Å²) in [5.74, 6) is 0. The van der Waals surface area contributed by atoms with E-state index in [1.54, 1.807) is 0 Å². The van der Waals surface area contributed by atoms with E-state index in [0.717, 1.165) is 12.8 Å². The average molecular weight is 415 g/mol. The molecule has 0 bridgehead atoms. The van der Waals surface area contributed by atoms with Crippen LogP contribution in [0.1, 0.15) is 41.2 Å². The number of hydrogen-bond donors (Lipinski definition) is 0. The van der Waals surface area contributed by atoms with Crippen LogP contribution in [0.3, 0.4) is 0 Å². The van der Waals surface area contributed by atoms with Crippen LogP contribution in [0.25, 0.3) is 39.5 Å². The molecule has 0 spiro atoms. The molecule has 0 radical (unpaired) electrons. The van der Waals surface area contributed by atoms with Crippen molar-refractivity contribution in [1.82, 2.24) is 0 Å². The molecule has 0 N–H and O–H groups in total. The van der Waals surface area contributed by atoms with E-state index in [4.69, 9.17) is 0 Å². The number of fused-ring (bicyclic) bond motifs is 1. The molecule has 0 amide bonds. The first-order valence-electron chi connectivity index (χ1n) is 11.6. The highest BCUT2D eigenvalue weighted by atomic mass is 14.3. The van der Waals surface area contributed by atoms with E-state index >= 15 is 0 Å². The van der Waals surface area contributed by atoms with E-state index in [9.17, 15) is 0 Å². The highest BCUT2D eigenvalue weighted by Crippen LogP contribution is 2.43. The molecule has 0 aromatic heterocycles. The molecule has 0 fully saturated rings. The van der Waals surface area contributed by atoms with E-state index in [2.05, 4.69) is 113 Å². The first-order chi connectivity index (χ1) is 15.6. The van der Waals surface area contributed by atoms with Gasteiger partial charge in [0.05, 0.1) is 0 Å². The Bertz CT molecular complexity index is 1260. The maximum Gasteiger partial charge on any atom is -0.00550 e. The van der Waals surface area contributed by atoms with Crippen LogP contribution < -0.4 is 0 Å². The fourth-order valence-electron chi connectivity index (χ4n) is 5.08. The van der Waals surface area contributed by atoms with Gasteiger partial charge in [-0.2, -0.15) is 0 Å². The minimum atomic E-state index is 1.09. The Morgan fingerprint density at radius 1 is 0.594 bits per heavy atom. The minimum Gasteiger partial charge on any atom is -0.0654 e. The fourth-order valence-corrected chi connectivity index (χ4v) is 5.08. The summed E-state index contributed by atoms with van der Waals surface area (Å²) in [4.78, 5) is 0. The van der Waals surface area contributed by atoms with E-state index in [0.29, 0.717) is 0 Å². The van der Waals surface area contributed by atoms with Crippen molar-refractivity contribution < 1.29 is 0 Å². The summed E-state index contributed by atoms with van der Waals surface area (Å²) < 4.78 is 0. The highest BCUT2D eigenvalue weighted by Gasteiger charge is 2.23. The molecule has 5 rings (SSSR count). The van der Waals surface area contributed by atoms with E-state index < -0.39 is 0 Å². The van der Waals surface area contributed by atoms with Gasteiger partial charge in [0, 0.05) is 0 Å². The van der Waals surface area contributed by atoms with Gasteiger partial charge in [0.15, 0.2) is 0 Å². The van der Waals surface area contributed by atoms with Crippen LogP contribution in [0.5, 0.6) is 0 Å². The zero-order chi connectivity index (χ0) is 22.2. The van der Waals surface area contributed by atoms with Crippen LogP contribution in [-0.4, -0.2) is 0 Å². The molecule has 0 atom stereocenters. The van der Waals surface area contributed by atoms with Gasteiger partial charge in [-0.05, 0) is 113 Å². The van der Waals surface area contributed by atoms with Crippen LogP contribution in [0.15, 0.2) is 84.4 Å². The Balaban J connectivity index is 1.81. The van der Waals surface area contributed by atoms with Gasteiger partial charge in [0.1, 0.15) is 0 Å². The van der Waals surface area contributed by atoms with Gasteiger partial charge in [0.25, 0.3) is 0 Å². The molecular weight excluding hydrogens is 384 g/mol. The molecule has 0 unspecified atom stereocenters. The summed E-state index contributed by atoms with van der Waals surface area (Å²) >= 11 is 0. The van der Waals surface area contributed by atoms with Gasteiger partial charge in [0.2, 0.25) is 0 Å². The molecule has 1 aliphatic rings. The van der Waals surface area contributed by atoms with Crippen molar-refractivity contribution in [3.8, 4) is 33.4 Å². The Morgan fingerprint density at radius 3 is 1.66 bits per heavy atom. The van der Waals surface area contributed by atoms with Gasteiger partial charge < -0.3 is 0 Å². The lowest BCUT2D eigenvalue weighted by Gasteiger charge is -2.20. The molecule has 0 heterocycles. The average Bonchev–Trinajstić information content (AvgIpc) is 3.28. The molecular formula is C32H30. The number of benzene rings is 4. The molecule has 158 valence electrons. The molecule has 0 saturated carbocycles. The monoisotopic (exact) mass is 414 g/mol. The highest BCUT2D eigenvalue weighted by molar-refractivity contribution is 5.89. The van der Waals surface area contributed by atoms with Crippen molar-refractivity contribution in [3.05, 3.63) is 112 Å². The molecule has 0 saturated heterocycles. The van der Waals surface area contributed by atoms with Gasteiger partial charge in [-0.1, -0.05) is 79.2 Å². The third kappa shape index (κ3) is 3.50. The van der Waals surface area contributed by atoms with Crippen LogP contribution in [0.4, 0.5) is 0 Å². The zero-order valence-electron chi connectivity index (χ0n) is 19.5. The zero-order valence-corrected chi connectivity index (χ0v) is 19.5. The summed E-state index contributed by atoms with van der Waals surface area (Å²) in [6.07, 6.45) is 4.67. The first kappa shape index (κ1) is 20.5. The van der Waals surface area contributed by atoms with Gasteiger partial charge >= 0.3 is 0 Å². The fraction of sp³-hybridized carbons (Fsp3) is 0.188. The van der Waals surface area contributed by atoms with Crippen molar-refractivity contribution in [2.24, 2.45) is 0 Å². The van der Waals surface area contributed by atoms with E-state index in [1.165, 1.54) is 66.8 Å². The third-order valence-corrected chi connectivity index (χ3v) is 7.19. The topological polar surface area (TPSA) is 0 Å². The first-order valence-corrected chi connectivity index (χ1v) is 11.6. The normalized spacial score (nSPS) is 12.6. The second-order valence-corrected chi connectivity index (χ2v) is 9.01. The lowest BCUT2D eigenvalue weighted by Crippen LogP contribution is -2.00. The molecule has 4 aromatic rings. The lowest BCUT2D eigenvalue weighted by molar-refractivity contribution is 1.02. The second kappa shape index (κ2) is 8.28. The lowest BCUT2D eigenvalue weighted by atomic mass is 9.84. The molecule has 32 heavy (non-hydrogen) atoms. The third-order valence-electron chi connectivity index (χ3n) is 7.19. The van der Waals surface area contributed by atoms with E-state index in [1.807, 2.05) is 0 Å². The summed E-state index contributed by atoms with van der Waals surface area (Å²) in [6, 6.07) is 28.6. The Morgan fingerprint density at radius 2 is 1.12 bits per heavy atom. The van der Waals surface area contributed by atoms with Crippen LogP contribution in [0.2, 0.25) is 0 Å². The standard InChI is InChI=1S/C32H30/c1-5-24-16-30-22(3)21(2)23(4)32(31(30)17-24)29-19-27(25-12-8-6-9-13-25)18-28(20-29)26-14-10-7-11-15-26/h6-15,17-20H,5,16H2,1-4H3. The van der Waals surface area contributed by atoms with Crippen LogP contribution in [-0.2, 0) is 6.42 Å². The Kier molecular flexibility index (Phi) is 5.31. The van der Waals surface area contributed by atoms with Crippen LogP contribution >= 0.6 is 0 Å². The summed E-state index contributed by atoms with van der Waals surface area (Å²) in [5.41, 5.74) is 16.6. The quantitative estimate of drug-likeness (QED) is 0.312. The maximum atomic E-state index is 2.46. The number of hydrogen-bond acceptors (Lipinski definition) is 0. The molecule has 4 aromatic carbocycles. The van der Waals surface area contributed by atoms with Gasteiger partial charge in [-0.25, -0.2) is 0 Å². The molecule has 1 aliphatic carbocycles. The number of allylic oxidation sites excluding steroid dienone is 1. The second-order valence-electron chi connectivity index (χ2n) is 9.01. The summed E-state index contributed by atoms with van der Waals surface area (Å²) in [6.45, 7) is 9.16. The Labute approximate surface area is 192 Å². The SMILES string of the molecule is CCC1=Cc2c(c(C)c(C)c(C)c2-c2cc(-c3ccccc3)cc(-c3ccccc3)c2)C1. The molecule has 0 heteroatoms. The summed E-state index contributed by atoms with van der Waals surface area (Å²) in [5, 5.41) is 0. The maximum absolute atomic E-state index is 2.46. The van der Waals surface area contributed by atoms with E-state index in [-0.39, 0.29) is 0 Å². The Hall–Kier alpha value is -3.38. The van der Waals surface area contributed by atoms with Crippen molar-refractivity contribution in [3.63, 3.8) is 0 Å². The smallest absolute Gasteiger partial charge is 0.00550 e. The van der Waals surface area contributed by atoms with Crippen LogP contribution in [0, 0.1) is 20.8 Å². The van der Waals surface area contributed by atoms with Crippen molar-refractivity contribution >= 4 is 6.08 Å². The van der Waals surface area contributed by atoms with Crippen molar-refractivity contribution in [2.45, 2.75) is 40.5 Å². The predicted octanol–water partition coefficient (Wildman–Crippen LogP) is 8.96. The largest absolute Gasteiger partial charge is 0.0654 e. The number of rotatable bonds is 4.